The van der Waals surface area contributed by atoms with E-state index in [1.54, 1.807) is 24.4 Å². The minimum atomic E-state index is -3.69. The molecule has 1 atom stereocenters. The van der Waals surface area contributed by atoms with Crippen LogP contribution in [0.2, 0.25) is 0 Å². The molecule has 4 aliphatic heterocycles. The maximum Gasteiger partial charge on any atom is 0.250 e. The lowest BCUT2D eigenvalue weighted by Crippen LogP contribution is -2.38. The van der Waals surface area contributed by atoms with Crippen LogP contribution in [-0.2, 0) is 19.5 Å². The number of aliphatic hydroxyl groups is 1. The number of nitrogens with zero attached hydrogens (tertiary/aromatic N) is 5. The van der Waals surface area contributed by atoms with Crippen LogP contribution < -0.4 is 14.5 Å². The number of piperidine rings is 2. The van der Waals surface area contributed by atoms with E-state index in [0.717, 1.165) is 68.9 Å². The Kier molecular flexibility index (Phi) is 8.37. The summed E-state index contributed by atoms with van der Waals surface area (Å²) in [5, 5.41) is 17.9. The highest BCUT2D eigenvalue weighted by molar-refractivity contribution is 7.92. The molecule has 0 aliphatic carbocycles. The Bertz CT molecular complexity index is 1440. The fourth-order valence-electron chi connectivity index (χ4n) is 5.76. The largest absolute Gasteiger partial charge is 0.416 e. The molecular formula is C28H36N6O6S. The number of hydrogen-bond acceptors (Lipinski definition) is 11. The second-order valence-electron chi connectivity index (χ2n) is 10.8. The van der Waals surface area contributed by atoms with Gasteiger partial charge < -0.3 is 28.8 Å². The molecule has 0 saturated carbocycles. The molecule has 13 heteroatoms. The number of fused-ring (bicyclic) bond motifs is 6. The third-order valence-corrected chi connectivity index (χ3v) is 9.11. The number of pyridine rings is 1. The minimum absolute atomic E-state index is 0.131. The van der Waals surface area contributed by atoms with E-state index in [9.17, 15) is 8.42 Å². The quantitative estimate of drug-likeness (QED) is 0.467. The Balaban J connectivity index is 1.35. The van der Waals surface area contributed by atoms with Gasteiger partial charge in [0, 0.05) is 37.9 Å². The van der Waals surface area contributed by atoms with E-state index in [1.165, 1.54) is 0 Å². The molecule has 1 aromatic carbocycles. The summed E-state index contributed by atoms with van der Waals surface area (Å²) in [7, 11) is -3.69. The van der Waals surface area contributed by atoms with Crippen molar-refractivity contribution in [2.75, 3.05) is 72.9 Å². The summed E-state index contributed by atoms with van der Waals surface area (Å²) in [5.41, 5.74) is 2.69. The molecule has 12 nitrogen and oxygen atoms in total. The van der Waals surface area contributed by atoms with Gasteiger partial charge in [0.05, 0.1) is 55.2 Å². The van der Waals surface area contributed by atoms with E-state index >= 15 is 0 Å². The molecule has 0 spiro atoms. The van der Waals surface area contributed by atoms with Crippen molar-refractivity contribution in [3.05, 3.63) is 36.5 Å². The normalized spacial score (nSPS) is 21.8. The molecule has 2 N–H and O–H groups in total. The summed E-state index contributed by atoms with van der Waals surface area (Å²) in [6, 6.07) is 9.09. The summed E-state index contributed by atoms with van der Waals surface area (Å²) in [6.07, 6.45) is 5.76. The summed E-state index contributed by atoms with van der Waals surface area (Å²) in [6.45, 7) is 4.62. The third-order valence-electron chi connectivity index (χ3n) is 7.84. The molecule has 7 rings (SSSR count). The molecular weight excluding hydrogens is 548 g/mol. The van der Waals surface area contributed by atoms with Crippen LogP contribution in [0.15, 0.2) is 40.9 Å². The van der Waals surface area contributed by atoms with Gasteiger partial charge in [0.2, 0.25) is 21.8 Å². The zero-order valence-corrected chi connectivity index (χ0v) is 23.8. The van der Waals surface area contributed by atoms with E-state index in [2.05, 4.69) is 29.7 Å². The number of aromatic nitrogens is 3. The number of nitrogens with one attached hydrogen (secondary N) is 1. The fraction of sp³-hybridized carbons (Fsp3) is 0.536. The standard InChI is InChI=1S/C28H36N6O6S/c35-12-15-41(36,37)32-22-3-4-24-25(17-22)33-10-6-23(7-11-33)39-14-13-38-19-20-2-1-9-34(18-20)26-16-21(5-8-29-26)27-30-31-28(24)40-27/h3-5,8,16-17,20,23,32,35H,1-2,6-7,9-15,18-19H2. The summed E-state index contributed by atoms with van der Waals surface area (Å²) in [5.74, 6) is 1.66. The van der Waals surface area contributed by atoms with Crippen molar-refractivity contribution < 1.29 is 27.4 Å². The number of anilines is 3. The van der Waals surface area contributed by atoms with Crippen molar-refractivity contribution in [3.63, 3.8) is 0 Å². The van der Waals surface area contributed by atoms with E-state index in [0.29, 0.717) is 48.8 Å². The van der Waals surface area contributed by atoms with Crippen LogP contribution in [0.4, 0.5) is 17.2 Å². The zero-order valence-electron chi connectivity index (χ0n) is 22.9. The Morgan fingerprint density at radius 3 is 2.71 bits per heavy atom. The van der Waals surface area contributed by atoms with Crippen LogP contribution in [0.25, 0.3) is 22.9 Å². The van der Waals surface area contributed by atoms with Gasteiger partial charge in [-0.3, -0.25) is 4.72 Å². The Hall–Kier alpha value is -3.26. The highest BCUT2D eigenvalue weighted by Gasteiger charge is 2.26. The minimum Gasteiger partial charge on any atom is -0.416 e. The van der Waals surface area contributed by atoms with Crippen LogP contribution >= 0.6 is 0 Å². The van der Waals surface area contributed by atoms with Crippen LogP contribution in [0, 0.1) is 5.92 Å². The molecule has 0 amide bonds. The molecule has 0 radical (unpaired) electrons. The molecule has 4 aliphatic rings. The first-order valence-corrected chi connectivity index (χ1v) is 15.9. The van der Waals surface area contributed by atoms with Gasteiger partial charge in [-0.05, 0) is 61.9 Å². The molecule has 2 aromatic heterocycles. The van der Waals surface area contributed by atoms with Gasteiger partial charge in [0.1, 0.15) is 5.82 Å². The topological polar surface area (TPSA) is 143 Å². The van der Waals surface area contributed by atoms with Crippen molar-refractivity contribution in [2.45, 2.75) is 31.8 Å². The number of ether oxygens (including phenoxy) is 2. The second-order valence-corrected chi connectivity index (χ2v) is 12.6. The second kappa shape index (κ2) is 12.3. The van der Waals surface area contributed by atoms with Crippen LogP contribution in [0.3, 0.4) is 0 Å². The Labute approximate surface area is 239 Å². The maximum atomic E-state index is 12.4. The van der Waals surface area contributed by atoms with Crippen molar-refractivity contribution in [1.29, 1.82) is 0 Å². The average molecular weight is 585 g/mol. The average Bonchev–Trinajstić information content (AvgIpc) is 3.47. The van der Waals surface area contributed by atoms with Gasteiger partial charge in [-0.2, -0.15) is 0 Å². The molecule has 2 saturated heterocycles. The third kappa shape index (κ3) is 6.64. The molecule has 1 unspecified atom stereocenters. The van der Waals surface area contributed by atoms with Crippen LogP contribution in [0.1, 0.15) is 25.7 Å². The lowest BCUT2D eigenvalue weighted by atomic mass is 9.99. The summed E-state index contributed by atoms with van der Waals surface area (Å²) >= 11 is 0. The molecule has 6 heterocycles. The highest BCUT2D eigenvalue weighted by Crippen LogP contribution is 2.36. The van der Waals surface area contributed by atoms with Crippen LogP contribution in [0.5, 0.6) is 0 Å². The van der Waals surface area contributed by atoms with E-state index < -0.39 is 16.6 Å². The fourth-order valence-corrected chi connectivity index (χ4v) is 6.59. The van der Waals surface area contributed by atoms with Crippen molar-refractivity contribution in [1.82, 2.24) is 15.2 Å². The summed E-state index contributed by atoms with van der Waals surface area (Å²) in [4.78, 5) is 9.10. The summed E-state index contributed by atoms with van der Waals surface area (Å²) < 4.78 is 45.6. The maximum absolute atomic E-state index is 12.4. The Morgan fingerprint density at radius 2 is 1.85 bits per heavy atom. The first-order chi connectivity index (χ1) is 20.0. The number of aliphatic hydroxyl groups excluding tert-OH is 1. The van der Waals surface area contributed by atoms with Gasteiger partial charge >= 0.3 is 0 Å². The lowest BCUT2D eigenvalue weighted by molar-refractivity contribution is -0.0122. The van der Waals surface area contributed by atoms with Crippen LogP contribution in [-0.4, -0.2) is 93.2 Å². The molecule has 41 heavy (non-hydrogen) atoms. The Morgan fingerprint density at radius 1 is 1.00 bits per heavy atom. The molecule has 8 bridgehead atoms. The number of benzene rings is 1. The smallest absolute Gasteiger partial charge is 0.250 e. The lowest BCUT2D eigenvalue weighted by Gasteiger charge is -2.35. The van der Waals surface area contributed by atoms with E-state index in [-0.39, 0.29) is 11.9 Å². The van der Waals surface area contributed by atoms with E-state index in [4.69, 9.17) is 19.0 Å². The highest BCUT2D eigenvalue weighted by atomic mass is 32.2. The van der Waals surface area contributed by atoms with Crippen molar-refractivity contribution in [3.8, 4) is 22.9 Å². The number of hydrogen-bond donors (Lipinski definition) is 2. The number of sulfonamides is 1. The molecule has 2 fully saturated rings. The van der Waals surface area contributed by atoms with Gasteiger partial charge in [0.15, 0.2) is 0 Å². The first kappa shape index (κ1) is 27.9. The number of rotatable bonds is 4. The van der Waals surface area contributed by atoms with Gasteiger partial charge in [-0.25, -0.2) is 13.4 Å². The van der Waals surface area contributed by atoms with E-state index in [1.807, 2.05) is 12.1 Å². The van der Waals surface area contributed by atoms with Gasteiger partial charge in [0.25, 0.3) is 0 Å². The molecule has 220 valence electrons. The molecule has 3 aromatic rings. The SMILES string of the molecule is O=S(=O)(CCO)Nc1ccc2c(c1)N1CCC(CC1)OCCOCC1CCCN(C1)c1cc(ccn1)-c1nnc-2o1. The predicted octanol–water partition coefficient (Wildman–Crippen LogP) is 2.76. The first-order valence-electron chi connectivity index (χ1n) is 14.2. The zero-order chi connectivity index (χ0) is 28.2. The van der Waals surface area contributed by atoms with Gasteiger partial charge in [-0.1, -0.05) is 0 Å². The van der Waals surface area contributed by atoms with Crippen molar-refractivity contribution >= 4 is 27.2 Å². The monoisotopic (exact) mass is 584 g/mol. The van der Waals surface area contributed by atoms with Gasteiger partial charge in [-0.15, -0.1) is 10.2 Å². The predicted molar refractivity (Wildman–Crippen MR) is 154 cm³/mol. The van der Waals surface area contributed by atoms with Crippen molar-refractivity contribution in [2.24, 2.45) is 5.92 Å².